The van der Waals surface area contributed by atoms with E-state index < -0.39 is 5.54 Å². The van der Waals surface area contributed by atoms with Crippen LogP contribution < -0.4 is 11.1 Å². The Morgan fingerprint density at radius 2 is 2.11 bits per heavy atom. The molecule has 1 amide bonds. The van der Waals surface area contributed by atoms with Crippen molar-refractivity contribution in [1.29, 1.82) is 0 Å². The van der Waals surface area contributed by atoms with Gasteiger partial charge in [0.25, 0.3) is 0 Å². The number of nitrogens with zero attached hydrogens (tertiary/aromatic N) is 1. The highest BCUT2D eigenvalue weighted by Gasteiger charge is 2.31. The van der Waals surface area contributed by atoms with Gasteiger partial charge in [-0.2, -0.15) is 0 Å². The molecule has 1 fully saturated rings. The summed E-state index contributed by atoms with van der Waals surface area (Å²) in [4.78, 5) is 14.1. The molecule has 1 atom stereocenters. The van der Waals surface area contributed by atoms with Crippen molar-refractivity contribution in [2.24, 2.45) is 5.73 Å². The molecule has 104 valence electrons. The fourth-order valence-corrected chi connectivity index (χ4v) is 2.45. The van der Waals surface area contributed by atoms with Crippen molar-refractivity contribution in [3.05, 3.63) is 35.9 Å². The lowest BCUT2D eigenvalue weighted by Crippen LogP contribution is -2.59. The minimum atomic E-state index is -0.783. The molecule has 19 heavy (non-hydrogen) atoms. The van der Waals surface area contributed by atoms with Crippen molar-refractivity contribution in [1.82, 2.24) is 10.2 Å². The molecule has 0 radical (unpaired) electrons. The SMILES string of the molecule is CC(C)(N)C(=O)N1CCNC(Cc2ccccc2)C1. The Morgan fingerprint density at radius 3 is 2.74 bits per heavy atom. The summed E-state index contributed by atoms with van der Waals surface area (Å²) < 4.78 is 0. The monoisotopic (exact) mass is 261 g/mol. The highest BCUT2D eigenvalue weighted by atomic mass is 16.2. The van der Waals surface area contributed by atoms with Crippen molar-refractivity contribution in [2.75, 3.05) is 19.6 Å². The van der Waals surface area contributed by atoms with Crippen molar-refractivity contribution in [3.63, 3.8) is 0 Å². The molecule has 4 nitrogen and oxygen atoms in total. The first-order chi connectivity index (χ1) is 8.97. The molecule has 1 aliphatic heterocycles. The van der Waals surface area contributed by atoms with Crippen LogP contribution in [-0.2, 0) is 11.2 Å². The van der Waals surface area contributed by atoms with Gasteiger partial charge in [0.05, 0.1) is 5.54 Å². The molecule has 1 aliphatic rings. The third-order valence-corrected chi connectivity index (χ3v) is 3.42. The van der Waals surface area contributed by atoms with Gasteiger partial charge >= 0.3 is 0 Å². The molecule has 0 aromatic heterocycles. The van der Waals surface area contributed by atoms with Crippen LogP contribution in [0.25, 0.3) is 0 Å². The molecule has 1 aromatic carbocycles. The van der Waals surface area contributed by atoms with Gasteiger partial charge in [-0.3, -0.25) is 4.79 Å². The smallest absolute Gasteiger partial charge is 0.242 e. The van der Waals surface area contributed by atoms with Crippen LogP contribution in [0.15, 0.2) is 30.3 Å². The molecule has 0 saturated carbocycles. The van der Waals surface area contributed by atoms with Crippen LogP contribution in [-0.4, -0.2) is 42.0 Å². The van der Waals surface area contributed by atoms with Gasteiger partial charge < -0.3 is 16.0 Å². The Morgan fingerprint density at radius 1 is 1.42 bits per heavy atom. The zero-order valence-electron chi connectivity index (χ0n) is 11.7. The van der Waals surface area contributed by atoms with Gasteiger partial charge in [0.1, 0.15) is 0 Å². The number of benzene rings is 1. The van der Waals surface area contributed by atoms with E-state index in [1.54, 1.807) is 13.8 Å². The second-order valence-electron chi connectivity index (χ2n) is 5.81. The van der Waals surface area contributed by atoms with Crippen LogP contribution in [0.1, 0.15) is 19.4 Å². The van der Waals surface area contributed by atoms with Crippen molar-refractivity contribution >= 4 is 5.91 Å². The van der Waals surface area contributed by atoms with Gasteiger partial charge in [-0.1, -0.05) is 30.3 Å². The van der Waals surface area contributed by atoms with Crippen LogP contribution in [0.4, 0.5) is 0 Å². The van der Waals surface area contributed by atoms with Gasteiger partial charge in [-0.05, 0) is 25.8 Å². The number of nitrogens with one attached hydrogen (secondary N) is 1. The number of piperazine rings is 1. The summed E-state index contributed by atoms with van der Waals surface area (Å²) in [6.07, 6.45) is 0.940. The van der Waals surface area contributed by atoms with Gasteiger partial charge in [0.2, 0.25) is 5.91 Å². The quantitative estimate of drug-likeness (QED) is 0.845. The van der Waals surface area contributed by atoms with Crippen molar-refractivity contribution in [2.45, 2.75) is 31.8 Å². The fraction of sp³-hybridized carbons (Fsp3) is 0.533. The van der Waals surface area contributed by atoms with E-state index in [1.165, 1.54) is 5.56 Å². The number of rotatable bonds is 3. The zero-order valence-corrected chi connectivity index (χ0v) is 11.7. The largest absolute Gasteiger partial charge is 0.338 e. The highest BCUT2D eigenvalue weighted by molar-refractivity contribution is 5.85. The van der Waals surface area contributed by atoms with Crippen LogP contribution in [0.3, 0.4) is 0 Å². The Labute approximate surface area is 115 Å². The predicted molar refractivity (Wildman–Crippen MR) is 76.8 cm³/mol. The molecule has 4 heteroatoms. The third kappa shape index (κ3) is 3.78. The zero-order chi connectivity index (χ0) is 13.9. The second-order valence-corrected chi connectivity index (χ2v) is 5.81. The first-order valence-electron chi connectivity index (χ1n) is 6.82. The number of carbonyl (C=O) groups excluding carboxylic acids is 1. The third-order valence-electron chi connectivity index (χ3n) is 3.42. The number of hydrogen-bond donors (Lipinski definition) is 2. The first kappa shape index (κ1) is 14.0. The summed E-state index contributed by atoms with van der Waals surface area (Å²) in [5.74, 6) is 0.0343. The summed E-state index contributed by atoms with van der Waals surface area (Å²) in [6.45, 7) is 5.84. The van der Waals surface area contributed by atoms with Crippen molar-refractivity contribution in [3.8, 4) is 0 Å². The van der Waals surface area contributed by atoms with Crippen molar-refractivity contribution < 1.29 is 4.79 Å². The second kappa shape index (κ2) is 5.72. The Hall–Kier alpha value is -1.39. The molecule has 1 saturated heterocycles. The van der Waals surface area contributed by atoms with Crippen LogP contribution in [0.2, 0.25) is 0 Å². The molecular weight excluding hydrogens is 238 g/mol. The molecule has 1 heterocycles. The molecule has 0 spiro atoms. The molecule has 3 N–H and O–H groups in total. The molecule has 0 aliphatic carbocycles. The number of nitrogens with two attached hydrogens (primary N) is 1. The average Bonchev–Trinajstić information content (AvgIpc) is 2.38. The molecule has 1 unspecified atom stereocenters. The van der Waals surface area contributed by atoms with E-state index in [0.717, 1.165) is 26.1 Å². The summed E-state index contributed by atoms with van der Waals surface area (Å²) >= 11 is 0. The minimum absolute atomic E-state index is 0.0343. The van der Waals surface area contributed by atoms with Gasteiger partial charge in [-0.25, -0.2) is 0 Å². The predicted octanol–water partition coefficient (Wildman–Crippen LogP) is 0.767. The normalized spacial score (nSPS) is 20.4. The van der Waals surface area contributed by atoms with Crippen LogP contribution >= 0.6 is 0 Å². The Bertz CT molecular complexity index is 425. The number of amides is 1. The topological polar surface area (TPSA) is 58.4 Å². The maximum Gasteiger partial charge on any atom is 0.242 e. The summed E-state index contributed by atoms with van der Waals surface area (Å²) in [5, 5.41) is 3.47. The van der Waals surface area contributed by atoms with Crippen LogP contribution in [0.5, 0.6) is 0 Å². The van der Waals surface area contributed by atoms with E-state index in [2.05, 4.69) is 17.4 Å². The summed E-state index contributed by atoms with van der Waals surface area (Å²) in [7, 11) is 0. The highest BCUT2D eigenvalue weighted by Crippen LogP contribution is 2.11. The van der Waals surface area contributed by atoms with E-state index in [4.69, 9.17) is 5.73 Å². The maximum atomic E-state index is 12.2. The van der Waals surface area contributed by atoms with Gasteiger partial charge in [0.15, 0.2) is 0 Å². The number of hydrogen-bond acceptors (Lipinski definition) is 3. The Balaban J connectivity index is 1.96. The number of carbonyl (C=O) groups is 1. The van der Waals surface area contributed by atoms with E-state index in [9.17, 15) is 4.79 Å². The molecule has 1 aromatic rings. The fourth-order valence-electron chi connectivity index (χ4n) is 2.45. The van der Waals surface area contributed by atoms with E-state index in [0.29, 0.717) is 6.04 Å². The van der Waals surface area contributed by atoms with Gasteiger partial charge in [-0.15, -0.1) is 0 Å². The van der Waals surface area contributed by atoms with E-state index in [-0.39, 0.29) is 5.91 Å². The summed E-state index contributed by atoms with van der Waals surface area (Å²) in [5.41, 5.74) is 6.41. The van der Waals surface area contributed by atoms with E-state index in [1.807, 2.05) is 23.1 Å². The first-order valence-corrected chi connectivity index (χ1v) is 6.82. The average molecular weight is 261 g/mol. The standard InChI is InChI=1S/C15H23N3O/c1-15(2,16)14(19)18-9-8-17-13(11-18)10-12-6-4-3-5-7-12/h3-7,13,17H,8-11,16H2,1-2H3. The molecule has 0 bridgehead atoms. The molecular formula is C15H23N3O. The lowest BCUT2D eigenvalue weighted by molar-refractivity contribution is -0.137. The van der Waals surface area contributed by atoms with E-state index >= 15 is 0 Å². The summed E-state index contributed by atoms with van der Waals surface area (Å²) in [6, 6.07) is 10.7. The Kier molecular flexibility index (Phi) is 4.22. The van der Waals surface area contributed by atoms with Crippen LogP contribution in [0, 0.1) is 0 Å². The minimum Gasteiger partial charge on any atom is -0.338 e. The van der Waals surface area contributed by atoms with Gasteiger partial charge in [0, 0.05) is 25.7 Å². The molecule has 2 rings (SSSR count). The lowest BCUT2D eigenvalue weighted by Gasteiger charge is -2.37. The lowest BCUT2D eigenvalue weighted by atomic mass is 10.0. The maximum absolute atomic E-state index is 12.2.